The first-order chi connectivity index (χ1) is 19.1. The molecule has 2 aliphatic heterocycles. The molecule has 0 aliphatic carbocycles. The smallest absolute Gasteiger partial charge is 0.320 e. The number of Topliss-reactive ketones (excluding diaryl/α,β-unsaturated/α-hetero) is 1. The number of ketones is 1. The average Bonchev–Trinajstić information content (AvgIpc) is 3.02. The third-order valence-electron chi connectivity index (χ3n) is 8.72. The Hall–Kier alpha value is -3.67. The number of piperazine rings is 1. The number of carbonyl (C=O) groups is 2. The number of urea groups is 1. The van der Waals surface area contributed by atoms with Crippen molar-refractivity contribution in [2.75, 3.05) is 44.2 Å². The maximum Gasteiger partial charge on any atom is 0.320 e. The molecule has 2 aromatic carbocycles. The van der Waals surface area contributed by atoms with Gasteiger partial charge in [-0.15, -0.1) is 0 Å². The van der Waals surface area contributed by atoms with E-state index < -0.39 is 5.41 Å². The Morgan fingerprint density at radius 2 is 1.46 bits per heavy atom. The lowest BCUT2D eigenvalue weighted by Crippen LogP contribution is -2.56. The Labute approximate surface area is 232 Å². The second kappa shape index (κ2) is 12.5. The number of amides is 2. The molecular formula is C33H40N4O2. The van der Waals surface area contributed by atoms with Crippen LogP contribution in [0.25, 0.3) is 0 Å². The SMILES string of the molecule is CC(CCCC(=O)C1(c2ccccc2)CCN(C(=O)N2CCN(c3cccnc3)CC2)CC1)c1ccccc1. The molecule has 3 aromatic rings. The van der Waals surface area contributed by atoms with Gasteiger partial charge in [-0.2, -0.15) is 0 Å². The first-order valence-corrected chi connectivity index (χ1v) is 14.4. The molecule has 2 saturated heterocycles. The molecule has 3 heterocycles. The number of piperidine rings is 1. The summed E-state index contributed by atoms with van der Waals surface area (Å²) in [7, 11) is 0. The van der Waals surface area contributed by atoms with Gasteiger partial charge in [0.1, 0.15) is 5.78 Å². The highest BCUT2D eigenvalue weighted by molar-refractivity contribution is 5.90. The van der Waals surface area contributed by atoms with E-state index in [0.717, 1.165) is 37.2 Å². The van der Waals surface area contributed by atoms with Gasteiger partial charge in [0.2, 0.25) is 0 Å². The number of nitrogens with zero attached hydrogens (tertiary/aromatic N) is 4. The number of hydrogen-bond donors (Lipinski definition) is 0. The summed E-state index contributed by atoms with van der Waals surface area (Å²) in [6.07, 6.45) is 7.49. The maximum absolute atomic E-state index is 13.9. The van der Waals surface area contributed by atoms with E-state index in [1.807, 2.05) is 46.3 Å². The van der Waals surface area contributed by atoms with Crippen molar-refractivity contribution >= 4 is 17.5 Å². The summed E-state index contributed by atoms with van der Waals surface area (Å²) in [5.41, 5.74) is 3.03. The van der Waals surface area contributed by atoms with Crippen LogP contribution in [0.5, 0.6) is 0 Å². The lowest BCUT2D eigenvalue weighted by Gasteiger charge is -2.44. The number of benzene rings is 2. The van der Waals surface area contributed by atoms with Gasteiger partial charge in [0.05, 0.1) is 17.3 Å². The zero-order valence-corrected chi connectivity index (χ0v) is 23.0. The Balaban J connectivity index is 1.18. The number of carbonyl (C=O) groups excluding carboxylic acids is 2. The van der Waals surface area contributed by atoms with Crippen molar-refractivity contribution in [3.8, 4) is 0 Å². The van der Waals surface area contributed by atoms with Gasteiger partial charge in [0.15, 0.2) is 0 Å². The molecule has 204 valence electrons. The van der Waals surface area contributed by atoms with E-state index in [1.54, 1.807) is 6.20 Å². The fraction of sp³-hybridized carbons (Fsp3) is 0.424. The topological polar surface area (TPSA) is 56.8 Å². The summed E-state index contributed by atoms with van der Waals surface area (Å²) in [5.74, 6) is 0.760. The van der Waals surface area contributed by atoms with Crippen LogP contribution in [0.2, 0.25) is 0 Å². The zero-order chi connectivity index (χ0) is 27.1. The molecule has 6 heteroatoms. The van der Waals surface area contributed by atoms with Crippen molar-refractivity contribution in [3.05, 3.63) is 96.3 Å². The minimum Gasteiger partial charge on any atom is -0.367 e. The Bertz CT molecular complexity index is 1200. The molecule has 1 unspecified atom stereocenters. The van der Waals surface area contributed by atoms with Crippen molar-refractivity contribution in [1.82, 2.24) is 14.8 Å². The van der Waals surface area contributed by atoms with Gasteiger partial charge >= 0.3 is 6.03 Å². The van der Waals surface area contributed by atoms with E-state index in [4.69, 9.17) is 0 Å². The van der Waals surface area contributed by atoms with E-state index in [1.165, 1.54) is 5.56 Å². The van der Waals surface area contributed by atoms with Crippen LogP contribution >= 0.6 is 0 Å². The standard InChI is InChI=1S/C33H40N4O2/c1-27(28-11-4-2-5-12-28)10-8-16-31(38)33(29-13-6-3-7-14-29)17-20-36(21-18-33)32(39)37-24-22-35(23-25-37)30-15-9-19-34-26-30/h2-7,9,11-15,19,26-27H,8,10,16-18,20-25H2,1H3. The van der Waals surface area contributed by atoms with Crippen molar-refractivity contribution in [1.29, 1.82) is 0 Å². The van der Waals surface area contributed by atoms with Gasteiger partial charge in [-0.25, -0.2) is 4.79 Å². The summed E-state index contributed by atoms with van der Waals surface area (Å²) in [6.45, 7) is 6.48. The summed E-state index contributed by atoms with van der Waals surface area (Å²) >= 11 is 0. The Morgan fingerprint density at radius 3 is 2.10 bits per heavy atom. The number of likely N-dealkylation sites (tertiary alicyclic amines) is 1. The van der Waals surface area contributed by atoms with E-state index in [9.17, 15) is 9.59 Å². The average molecular weight is 525 g/mol. The fourth-order valence-electron chi connectivity index (χ4n) is 6.22. The third-order valence-corrected chi connectivity index (χ3v) is 8.72. The van der Waals surface area contributed by atoms with Crippen LogP contribution < -0.4 is 4.90 Å². The first kappa shape index (κ1) is 26.9. The minimum absolute atomic E-state index is 0.103. The van der Waals surface area contributed by atoms with Gasteiger partial charge < -0.3 is 14.7 Å². The number of rotatable bonds is 8. The summed E-state index contributed by atoms with van der Waals surface area (Å²) in [6, 6.07) is 24.9. The highest BCUT2D eigenvalue weighted by Crippen LogP contribution is 2.38. The minimum atomic E-state index is -0.507. The number of aromatic nitrogens is 1. The Morgan fingerprint density at radius 1 is 0.821 bits per heavy atom. The van der Waals surface area contributed by atoms with Crippen molar-refractivity contribution in [3.63, 3.8) is 0 Å². The molecule has 5 rings (SSSR count). The predicted molar refractivity (Wildman–Crippen MR) is 156 cm³/mol. The lowest BCUT2D eigenvalue weighted by atomic mass is 9.68. The Kier molecular flexibility index (Phi) is 8.60. The molecule has 0 bridgehead atoms. The molecule has 0 spiro atoms. The molecular weight excluding hydrogens is 484 g/mol. The summed E-state index contributed by atoms with van der Waals surface area (Å²) < 4.78 is 0. The maximum atomic E-state index is 13.9. The van der Waals surface area contributed by atoms with Crippen molar-refractivity contribution in [2.24, 2.45) is 0 Å². The molecule has 0 saturated carbocycles. The molecule has 2 aliphatic rings. The quantitative estimate of drug-likeness (QED) is 0.368. The van der Waals surface area contributed by atoms with Gasteiger partial charge in [-0.3, -0.25) is 9.78 Å². The van der Waals surface area contributed by atoms with Gasteiger partial charge in [0.25, 0.3) is 0 Å². The van der Waals surface area contributed by atoms with Crippen molar-refractivity contribution < 1.29 is 9.59 Å². The lowest BCUT2D eigenvalue weighted by molar-refractivity contribution is -0.126. The van der Waals surface area contributed by atoms with Crippen LogP contribution in [0.3, 0.4) is 0 Å². The third kappa shape index (κ3) is 6.16. The molecule has 0 N–H and O–H groups in total. The molecule has 0 radical (unpaired) electrons. The van der Waals surface area contributed by atoms with Crippen molar-refractivity contribution in [2.45, 2.75) is 50.4 Å². The second-order valence-corrected chi connectivity index (χ2v) is 11.0. The van der Waals surface area contributed by atoms with E-state index in [0.29, 0.717) is 57.1 Å². The molecule has 1 atom stereocenters. The molecule has 2 amide bonds. The normalized spacial score (nSPS) is 18.0. The largest absolute Gasteiger partial charge is 0.367 e. The monoisotopic (exact) mass is 524 g/mol. The molecule has 6 nitrogen and oxygen atoms in total. The second-order valence-electron chi connectivity index (χ2n) is 11.0. The van der Waals surface area contributed by atoms with E-state index >= 15 is 0 Å². The summed E-state index contributed by atoms with van der Waals surface area (Å²) in [4.78, 5) is 37.7. The highest BCUT2D eigenvalue weighted by atomic mass is 16.2. The van der Waals surface area contributed by atoms with E-state index in [2.05, 4.69) is 59.3 Å². The van der Waals surface area contributed by atoms with Crippen LogP contribution in [0.15, 0.2) is 85.2 Å². The van der Waals surface area contributed by atoms with Crippen LogP contribution in [-0.4, -0.2) is 65.9 Å². The van der Waals surface area contributed by atoms with Gasteiger partial charge in [0, 0.05) is 51.9 Å². The van der Waals surface area contributed by atoms with Gasteiger partial charge in [-0.1, -0.05) is 67.6 Å². The predicted octanol–water partition coefficient (Wildman–Crippen LogP) is 5.90. The first-order valence-electron chi connectivity index (χ1n) is 14.4. The van der Waals surface area contributed by atoms with Crippen LogP contribution in [0.1, 0.15) is 56.1 Å². The van der Waals surface area contributed by atoms with Crippen LogP contribution in [-0.2, 0) is 10.2 Å². The zero-order valence-electron chi connectivity index (χ0n) is 23.0. The van der Waals surface area contributed by atoms with E-state index in [-0.39, 0.29) is 6.03 Å². The molecule has 39 heavy (non-hydrogen) atoms. The fourth-order valence-corrected chi connectivity index (χ4v) is 6.22. The van der Waals surface area contributed by atoms with Gasteiger partial charge in [-0.05, 0) is 54.9 Å². The molecule has 1 aromatic heterocycles. The molecule has 2 fully saturated rings. The summed E-state index contributed by atoms with van der Waals surface area (Å²) in [5, 5.41) is 0. The number of pyridine rings is 1. The number of hydrogen-bond acceptors (Lipinski definition) is 4. The highest BCUT2D eigenvalue weighted by Gasteiger charge is 2.43. The number of anilines is 1. The van der Waals surface area contributed by atoms with Crippen LogP contribution in [0, 0.1) is 0 Å². The van der Waals surface area contributed by atoms with Crippen LogP contribution in [0.4, 0.5) is 10.5 Å².